The van der Waals surface area contributed by atoms with Gasteiger partial charge in [-0.05, 0) is 18.2 Å². The normalized spacial score (nSPS) is 14.0. The number of phenolic OH excluding ortho intramolecular Hbond substituents is 2. The van der Waals surface area contributed by atoms with Crippen LogP contribution in [0.2, 0.25) is 0 Å². The second kappa shape index (κ2) is 3.38. The largest absolute Gasteiger partial charge is 0.508 e. The second-order valence-corrected chi connectivity index (χ2v) is 2.76. The topological polar surface area (TPSA) is 66.5 Å². The maximum atomic E-state index is 12.1. The molecular formula is C8H8F3NO2. The molecule has 0 spiro atoms. The van der Waals surface area contributed by atoms with Gasteiger partial charge >= 0.3 is 6.18 Å². The summed E-state index contributed by atoms with van der Waals surface area (Å²) in [5.41, 5.74) is 4.30. The molecule has 0 bridgehead atoms. The molecule has 0 amide bonds. The minimum absolute atomic E-state index is 0.377. The standard InChI is InChI=1S/C8H8F3NO2/c9-8(10,11)7(12)5-3-4(13)1-2-6(5)14/h1-3,7,13-14H,12H2/t7-/m0/s1. The van der Waals surface area contributed by atoms with Crippen molar-refractivity contribution < 1.29 is 23.4 Å². The van der Waals surface area contributed by atoms with Gasteiger partial charge < -0.3 is 15.9 Å². The van der Waals surface area contributed by atoms with Gasteiger partial charge in [0.25, 0.3) is 0 Å². The second-order valence-electron chi connectivity index (χ2n) is 2.76. The Morgan fingerprint density at radius 1 is 1.21 bits per heavy atom. The number of hydrogen-bond donors (Lipinski definition) is 3. The Balaban J connectivity index is 3.12. The van der Waals surface area contributed by atoms with Crippen molar-refractivity contribution in [2.24, 2.45) is 5.73 Å². The molecule has 0 radical (unpaired) electrons. The van der Waals surface area contributed by atoms with Gasteiger partial charge in [-0.25, -0.2) is 0 Å². The summed E-state index contributed by atoms with van der Waals surface area (Å²) in [5, 5.41) is 18.0. The molecule has 14 heavy (non-hydrogen) atoms. The summed E-state index contributed by atoms with van der Waals surface area (Å²) in [5.74, 6) is -0.967. The molecule has 0 saturated carbocycles. The molecule has 1 aromatic rings. The summed E-state index contributed by atoms with van der Waals surface area (Å²) in [6, 6.07) is 0.515. The van der Waals surface area contributed by atoms with Crippen molar-refractivity contribution in [3.8, 4) is 11.5 Å². The average Bonchev–Trinajstić information content (AvgIpc) is 2.06. The van der Waals surface area contributed by atoms with E-state index in [1.54, 1.807) is 0 Å². The van der Waals surface area contributed by atoms with E-state index in [2.05, 4.69) is 0 Å². The van der Waals surface area contributed by atoms with Crippen LogP contribution in [0.3, 0.4) is 0 Å². The lowest BCUT2D eigenvalue weighted by atomic mass is 10.1. The number of alkyl halides is 3. The molecule has 1 aromatic carbocycles. The van der Waals surface area contributed by atoms with Crippen molar-refractivity contribution in [3.63, 3.8) is 0 Å². The summed E-state index contributed by atoms with van der Waals surface area (Å²) >= 11 is 0. The number of phenols is 2. The molecule has 0 unspecified atom stereocenters. The molecule has 0 aromatic heterocycles. The molecule has 1 rings (SSSR count). The highest BCUT2D eigenvalue weighted by atomic mass is 19.4. The van der Waals surface area contributed by atoms with E-state index < -0.39 is 23.5 Å². The summed E-state index contributed by atoms with van der Waals surface area (Å²) < 4.78 is 36.4. The summed E-state index contributed by atoms with van der Waals surface area (Å²) in [7, 11) is 0. The average molecular weight is 207 g/mol. The lowest BCUT2D eigenvalue weighted by Gasteiger charge is -2.16. The Morgan fingerprint density at radius 2 is 1.79 bits per heavy atom. The van der Waals surface area contributed by atoms with E-state index in [1.165, 1.54) is 0 Å². The molecule has 1 atom stereocenters. The van der Waals surface area contributed by atoms with Crippen LogP contribution in [0.25, 0.3) is 0 Å². The monoisotopic (exact) mass is 207 g/mol. The van der Waals surface area contributed by atoms with Crippen LogP contribution in [0.1, 0.15) is 11.6 Å². The van der Waals surface area contributed by atoms with Crippen LogP contribution in [0.4, 0.5) is 13.2 Å². The van der Waals surface area contributed by atoms with Crippen LogP contribution in [0.5, 0.6) is 11.5 Å². The number of rotatable bonds is 1. The van der Waals surface area contributed by atoms with Crippen molar-refractivity contribution in [3.05, 3.63) is 23.8 Å². The van der Waals surface area contributed by atoms with Gasteiger partial charge in [0.15, 0.2) is 0 Å². The van der Waals surface area contributed by atoms with Gasteiger partial charge in [-0.1, -0.05) is 0 Å². The van der Waals surface area contributed by atoms with Crippen molar-refractivity contribution in [1.29, 1.82) is 0 Å². The number of halogens is 3. The lowest BCUT2D eigenvalue weighted by Crippen LogP contribution is -2.28. The molecule has 0 fully saturated rings. The number of hydrogen-bond acceptors (Lipinski definition) is 3. The fourth-order valence-corrected chi connectivity index (χ4v) is 0.967. The third-order valence-corrected chi connectivity index (χ3v) is 1.70. The molecule has 0 aliphatic carbocycles. The van der Waals surface area contributed by atoms with Gasteiger partial charge in [0.2, 0.25) is 0 Å². The third-order valence-electron chi connectivity index (χ3n) is 1.70. The molecule has 78 valence electrons. The van der Waals surface area contributed by atoms with Gasteiger partial charge in [0.1, 0.15) is 17.5 Å². The van der Waals surface area contributed by atoms with Gasteiger partial charge in [-0.15, -0.1) is 0 Å². The molecule has 0 aliphatic heterocycles. The minimum atomic E-state index is -4.65. The smallest absolute Gasteiger partial charge is 0.407 e. The summed E-state index contributed by atoms with van der Waals surface area (Å²) in [4.78, 5) is 0. The Labute approximate surface area is 77.6 Å². The zero-order valence-electron chi connectivity index (χ0n) is 6.92. The molecule has 3 nitrogen and oxygen atoms in total. The van der Waals surface area contributed by atoms with E-state index in [-0.39, 0.29) is 5.75 Å². The summed E-state index contributed by atoms with van der Waals surface area (Å²) in [6.07, 6.45) is -4.65. The lowest BCUT2D eigenvalue weighted by molar-refractivity contribution is -0.149. The first kappa shape index (κ1) is 10.6. The molecule has 0 heterocycles. The highest BCUT2D eigenvalue weighted by Crippen LogP contribution is 2.36. The zero-order chi connectivity index (χ0) is 10.9. The van der Waals surface area contributed by atoms with Crippen molar-refractivity contribution >= 4 is 0 Å². The number of nitrogens with two attached hydrogens (primary N) is 1. The van der Waals surface area contributed by atoms with Crippen LogP contribution >= 0.6 is 0 Å². The fraction of sp³-hybridized carbons (Fsp3) is 0.250. The van der Waals surface area contributed by atoms with Crippen LogP contribution in [0.15, 0.2) is 18.2 Å². The Bertz CT molecular complexity index is 338. The number of aromatic hydroxyl groups is 2. The van der Waals surface area contributed by atoms with Crippen LogP contribution in [0, 0.1) is 0 Å². The number of benzene rings is 1. The summed E-state index contributed by atoms with van der Waals surface area (Å²) in [6.45, 7) is 0. The SMILES string of the molecule is N[C@@H](c1cc(O)ccc1O)C(F)(F)F. The quantitative estimate of drug-likeness (QED) is 0.613. The Kier molecular flexibility index (Phi) is 2.57. The third kappa shape index (κ3) is 2.08. The van der Waals surface area contributed by atoms with Crippen molar-refractivity contribution in [1.82, 2.24) is 0 Å². The van der Waals surface area contributed by atoms with Gasteiger partial charge in [-0.3, -0.25) is 0 Å². The maximum Gasteiger partial charge on any atom is 0.407 e. The molecule has 6 heteroatoms. The van der Waals surface area contributed by atoms with Crippen molar-refractivity contribution in [2.75, 3.05) is 0 Å². The van der Waals surface area contributed by atoms with E-state index >= 15 is 0 Å². The highest BCUT2D eigenvalue weighted by Gasteiger charge is 2.39. The minimum Gasteiger partial charge on any atom is -0.508 e. The Morgan fingerprint density at radius 3 is 2.29 bits per heavy atom. The fourth-order valence-electron chi connectivity index (χ4n) is 0.967. The van der Waals surface area contributed by atoms with Crippen molar-refractivity contribution in [2.45, 2.75) is 12.2 Å². The molecule has 0 aliphatic rings. The van der Waals surface area contributed by atoms with E-state index in [1.807, 2.05) is 0 Å². The van der Waals surface area contributed by atoms with E-state index in [0.717, 1.165) is 18.2 Å². The first-order valence-corrected chi connectivity index (χ1v) is 3.66. The molecule has 0 saturated heterocycles. The highest BCUT2D eigenvalue weighted by molar-refractivity contribution is 5.41. The first-order valence-electron chi connectivity index (χ1n) is 3.66. The van der Waals surface area contributed by atoms with Gasteiger partial charge in [0.05, 0.1) is 0 Å². The van der Waals surface area contributed by atoms with Crippen LogP contribution < -0.4 is 5.73 Å². The maximum absolute atomic E-state index is 12.1. The van der Waals surface area contributed by atoms with Crippen LogP contribution in [-0.4, -0.2) is 16.4 Å². The van der Waals surface area contributed by atoms with E-state index in [9.17, 15) is 13.2 Å². The zero-order valence-corrected chi connectivity index (χ0v) is 6.92. The van der Waals surface area contributed by atoms with Gasteiger partial charge in [-0.2, -0.15) is 13.2 Å². The molecular weight excluding hydrogens is 199 g/mol. The van der Waals surface area contributed by atoms with E-state index in [4.69, 9.17) is 15.9 Å². The van der Waals surface area contributed by atoms with E-state index in [0.29, 0.717) is 0 Å². The van der Waals surface area contributed by atoms with Crippen LogP contribution in [-0.2, 0) is 0 Å². The first-order chi connectivity index (χ1) is 6.32. The predicted octanol–water partition coefficient (Wildman–Crippen LogP) is 1.66. The van der Waals surface area contributed by atoms with Gasteiger partial charge in [0, 0.05) is 5.56 Å². The Hall–Kier alpha value is -1.43. The molecule has 4 N–H and O–H groups in total. The predicted molar refractivity (Wildman–Crippen MR) is 42.8 cm³/mol.